The van der Waals surface area contributed by atoms with Crippen LogP contribution in [-0.2, 0) is 6.54 Å². The fourth-order valence-corrected chi connectivity index (χ4v) is 4.07. The summed E-state index contributed by atoms with van der Waals surface area (Å²) in [6.45, 7) is 4.40. The Morgan fingerprint density at radius 1 is 1.03 bits per heavy atom. The van der Waals surface area contributed by atoms with E-state index >= 15 is 0 Å². The molecule has 5 nitrogen and oxygen atoms in total. The van der Waals surface area contributed by atoms with Gasteiger partial charge in [0.15, 0.2) is 5.78 Å². The van der Waals surface area contributed by atoms with Crippen LogP contribution in [0.15, 0.2) is 48.5 Å². The molecule has 1 saturated carbocycles. The standard InChI is InChI=1S/C25H32N2O3/c1-18(16-20-8-4-3-5-9-20)26-17-22-10-6-7-11-24(22)30-25(29)27-23-14-12-21(13-15-23)19(2)28/h6-7,10-15,18,20,26H,3-5,8-9,16-17H2,1-2H3,(H,27,29)/t18-/m0/s1. The van der Waals surface area contributed by atoms with Gasteiger partial charge in [0.25, 0.3) is 0 Å². The Labute approximate surface area is 179 Å². The molecule has 2 aromatic carbocycles. The fraction of sp³-hybridized carbons (Fsp3) is 0.440. The Bertz CT molecular complexity index is 842. The number of nitrogens with one attached hydrogen (secondary N) is 2. The molecule has 1 aliphatic rings. The van der Waals surface area contributed by atoms with Crippen LogP contribution in [0.2, 0.25) is 0 Å². The van der Waals surface area contributed by atoms with Crippen molar-refractivity contribution in [3.63, 3.8) is 0 Å². The lowest BCUT2D eigenvalue weighted by Crippen LogP contribution is -2.29. The highest BCUT2D eigenvalue weighted by molar-refractivity contribution is 5.95. The molecule has 30 heavy (non-hydrogen) atoms. The first-order valence-electron chi connectivity index (χ1n) is 10.9. The van der Waals surface area contributed by atoms with Crippen LogP contribution in [-0.4, -0.2) is 17.9 Å². The van der Waals surface area contributed by atoms with Crippen LogP contribution in [0.3, 0.4) is 0 Å². The van der Waals surface area contributed by atoms with E-state index in [-0.39, 0.29) is 5.78 Å². The molecule has 0 unspecified atom stereocenters. The largest absolute Gasteiger partial charge is 0.417 e. The van der Waals surface area contributed by atoms with Gasteiger partial charge in [0, 0.05) is 29.4 Å². The molecule has 0 saturated heterocycles. The average Bonchev–Trinajstić information content (AvgIpc) is 2.74. The van der Waals surface area contributed by atoms with E-state index < -0.39 is 6.09 Å². The highest BCUT2D eigenvalue weighted by atomic mass is 16.6. The molecular formula is C25H32N2O3. The van der Waals surface area contributed by atoms with Gasteiger partial charge >= 0.3 is 6.09 Å². The zero-order valence-corrected chi connectivity index (χ0v) is 17.9. The molecule has 0 aromatic heterocycles. The third-order valence-corrected chi connectivity index (χ3v) is 5.77. The molecule has 1 fully saturated rings. The van der Waals surface area contributed by atoms with Crippen LogP contribution < -0.4 is 15.4 Å². The first-order chi connectivity index (χ1) is 14.5. The molecule has 0 spiro atoms. The second-order valence-electron chi connectivity index (χ2n) is 8.28. The van der Waals surface area contributed by atoms with Crippen LogP contribution in [0.4, 0.5) is 10.5 Å². The topological polar surface area (TPSA) is 67.4 Å². The van der Waals surface area contributed by atoms with Crippen molar-refractivity contribution in [3.8, 4) is 5.75 Å². The maximum absolute atomic E-state index is 12.3. The van der Waals surface area contributed by atoms with Crippen LogP contribution in [0, 0.1) is 5.92 Å². The lowest BCUT2D eigenvalue weighted by molar-refractivity contribution is 0.101. The molecule has 0 bridgehead atoms. The summed E-state index contributed by atoms with van der Waals surface area (Å²) in [5.41, 5.74) is 2.14. The molecule has 0 heterocycles. The smallest absolute Gasteiger partial charge is 0.410 e. The van der Waals surface area contributed by atoms with Gasteiger partial charge in [0.2, 0.25) is 0 Å². The maximum Gasteiger partial charge on any atom is 0.417 e. The number of anilines is 1. The molecule has 1 aliphatic carbocycles. The van der Waals surface area contributed by atoms with Crippen molar-refractivity contribution in [2.75, 3.05) is 5.32 Å². The monoisotopic (exact) mass is 408 g/mol. The molecule has 160 valence electrons. The van der Waals surface area contributed by atoms with E-state index in [1.807, 2.05) is 18.2 Å². The summed E-state index contributed by atoms with van der Waals surface area (Å²) in [7, 11) is 0. The Balaban J connectivity index is 1.52. The quantitative estimate of drug-likeness (QED) is 0.530. The van der Waals surface area contributed by atoms with E-state index in [9.17, 15) is 9.59 Å². The van der Waals surface area contributed by atoms with Gasteiger partial charge in [-0.1, -0.05) is 50.3 Å². The van der Waals surface area contributed by atoms with Crippen LogP contribution in [0.5, 0.6) is 5.75 Å². The first kappa shape index (κ1) is 22.0. The third-order valence-electron chi connectivity index (χ3n) is 5.77. The molecule has 3 rings (SSSR count). The highest BCUT2D eigenvalue weighted by Crippen LogP contribution is 2.27. The molecule has 2 aromatic rings. The Hall–Kier alpha value is -2.66. The zero-order chi connectivity index (χ0) is 21.3. The van der Waals surface area contributed by atoms with Gasteiger partial charge in [-0.2, -0.15) is 0 Å². The SMILES string of the molecule is CC(=O)c1ccc(NC(=O)Oc2ccccc2CN[C@@H](C)CC2CCCCC2)cc1. The van der Waals surface area contributed by atoms with E-state index in [0.29, 0.717) is 29.6 Å². The second-order valence-corrected chi connectivity index (χ2v) is 8.28. The molecular weight excluding hydrogens is 376 g/mol. The minimum Gasteiger partial charge on any atom is -0.410 e. The molecule has 2 N–H and O–H groups in total. The summed E-state index contributed by atoms with van der Waals surface area (Å²) >= 11 is 0. The second kappa shape index (κ2) is 10.9. The van der Waals surface area contributed by atoms with Crippen LogP contribution in [0.1, 0.15) is 68.3 Å². The number of Topliss-reactive ketones (excluding diaryl/α,β-unsaturated/α-hetero) is 1. The number of hydrogen-bond donors (Lipinski definition) is 2. The number of ketones is 1. The van der Waals surface area contributed by atoms with E-state index in [2.05, 4.69) is 17.6 Å². The summed E-state index contributed by atoms with van der Waals surface area (Å²) in [4.78, 5) is 23.7. The zero-order valence-electron chi connectivity index (χ0n) is 17.9. The first-order valence-corrected chi connectivity index (χ1v) is 10.9. The van der Waals surface area contributed by atoms with Crippen molar-refractivity contribution in [3.05, 3.63) is 59.7 Å². The normalized spacial score (nSPS) is 15.4. The van der Waals surface area contributed by atoms with E-state index in [1.165, 1.54) is 45.4 Å². The lowest BCUT2D eigenvalue weighted by Gasteiger charge is -2.25. The number of ether oxygens (including phenoxy) is 1. The Kier molecular flexibility index (Phi) is 8.03. The van der Waals surface area contributed by atoms with Crippen molar-refractivity contribution >= 4 is 17.6 Å². The summed E-state index contributed by atoms with van der Waals surface area (Å²) < 4.78 is 5.55. The number of carbonyl (C=O) groups excluding carboxylic acids is 2. The summed E-state index contributed by atoms with van der Waals surface area (Å²) in [6, 6.07) is 14.8. The molecule has 5 heteroatoms. The number of para-hydroxylation sites is 1. The number of amides is 1. The van der Waals surface area contributed by atoms with Crippen molar-refractivity contribution in [1.82, 2.24) is 5.32 Å². The van der Waals surface area contributed by atoms with Gasteiger partial charge in [0.1, 0.15) is 5.75 Å². The lowest BCUT2D eigenvalue weighted by atomic mass is 9.85. The van der Waals surface area contributed by atoms with Crippen LogP contribution >= 0.6 is 0 Å². The van der Waals surface area contributed by atoms with Gasteiger partial charge < -0.3 is 10.1 Å². The van der Waals surface area contributed by atoms with Gasteiger partial charge in [-0.05, 0) is 56.5 Å². The molecule has 0 radical (unpaired) electrons. The van der Waals surface area contributed by atoms with E-state index in [4.69, 9.17) is 4.74 Å². The van der Waals surface area contributed by atoms with Gasteiger partial charge in [0.05, 0.1) is 0 Å². The molecule has 1 atom stereocenters. The third kappa shape index (κ3) is 6.70. The maximum atomic E-state index is 12.3. The summed E-state index contributed by atoms with van der Waals surface area (Å²) in [5.74, 6) is 1.36. The minimum absolute atomic E-state index is 0.0109. The molecule has 1 amide bonds. The van der Waals surface area contributed by atoms with Gasteiger partial charge in [-0.3, -0.25) is 10.1 Å². The average molecular weight is 409 g/mol. The van der Waals surface area contributed by atoms with E-state index in [1.54, 1.807) is 30.3 Å². The number of benzene rings is 2. The van der Waals surface area contributed by atoms with E-state index in [0.717, 1.165) is 11.5 Å². The van der Waals surface area contributed by atoms with Crippen molar-refractivity contribution in [1.29, 1.82) is 0 Å². The Morgan fingerprint density at radius 3 is 2.43 bits per heavy atom. The predicted molar refractivity (Wildman–Crippen MR) is 120 cm³/mol. The van der Waals surface area contributed by atoms with Crippen molar-refractivity contribution < 1.29 is 14.3 Å². The van der Waals surface area contributed by atoms with Crippen molar-refractivity contribution in [2.24, 2.45) is 5.92 Å². The van der Waals surface area contributed by atoms with Gasteiger partial charge in [-0.15, -0.1) is 0 Å². The predicted octanol–water partition coefficient (Wildman–Crippen LogP) is 5.95. The number of carbonyl (C=O) groups is 2. The Morgan fingerprint density at radius 2 is 1.73 bits per heavy atom. The highest BCUT2D eigenvalue weighted by Gasteiger charge is 2.17. The fourth-order valence-electron chi connectivity index (χ4n) is 4.07. The summed E-state index contributed by atoms with van der Waals surface area (Å²) in [5, 5.41) is 6.29. The van der Waals surface area contributed by atoms with Crippen molar-refractivity contribution in [2.45, 2.75) is 65.0 Å². The molecule has 0 aliphatic heterocycles. The minimum atomic E-state index is -0.548. The number of rotatable bonds is 8. The van der Waals surface area contributed by atoms with Crippen LogP contribution in [0.25, 0.3) is 0 Å². The summed E-state index contributed by atoms with van der Waals surface area (Å²) in [6.07, 6.45) is 7.44. The number of hydrogen-bond acceptors (Lipinski definition) is 4. The van der Waals surface area contributed by atoms with Gasteiger partial charge in [-0.25, -0.2) is 4.79 Å².